The molecule has 2 aromatic rings. The highest BCUT2D eigenvalue weighted by molar-refractivity contribution is 6.31. The van der Waals surface area contributed by atoms with Crippen LogP contribution in [-0.4, -0.2) is 22.1 Å². The van der Waals surface area contributed by atoms with Gasteiger partial charge in [-0.3, -0.25) is 0 Å². The summed E-state index contributed by atoms with van der Waals surface area (Å²) in [6, 6.07) is 1.88. The first kappa shape index (κ1) is 15.5. The molecule has 21 heavy (non-hydrogen) atoms. The van der Waals surface area contributed by atoms with Crippen molar-refractivity contribution in [3.8, 4) is 5.88 Å². The average molecular weight is 307 g/mol. The van der Waals surface area contributed by atoms with Gasteiger partial charge >= 0.3 is 0 Å². The van der Waals surface area contributed by atoms with Gasteiger partial charge in [0.1, 0.15) is 16.7 Å². The molecule has 112 valence electrons. The Morgan fingerprint density at radius 3 is 2.57 bits per heavy atom. The van der Waals surface area contributed by atoms with E-state index in [2.05, 4.69) is 28.8 Å². The maximum Gasteiger partial charge on any atom is 0.232 e. The summed E-state index contributed by atoms with van der Waals surface area (Å²) < 4.78 is 5.19. The molecule has 0 aliphatic rings. The molecule has 0 aromatic carbocycles. The molecule has 2 rings (SSSR count). The van der Waals surface area contributed by atoms with E-state index in [1.165, 1.54) is 0 Å². The first-order valence-electron chi connectivity index (χ1n) is 6.73. The molecule has 2 aromatic heterocycles. The molecular formula is C15H19ClN4O. The molecule has 0 aliphatic heterocycles. The van der Waals surface area contributed by atoms with E-state index in [1.807, 2.05) is 13.0 Å². The first-order valence-corrected chi connectivity index (χ1v) is 7.11. The van der Waals surface area contributed by atoms with Crippen LogP contribution in [0.4, 0.5) is 5.82 Å². The number of nitrogens with two attached hydrogens (primary N) is 1. The van der Waals surface area contributed by atoms with Crippen LogP contribution in [0.15, 0.2) is 12.3 Å². The van der Waals surface area contributed by atoms with Crippen LogP contribution in [0.5, 0.6) is 5.88 Å². The molecule has 2 heterocycles. The summed E-state index contributed by atoms with van der Waals surface area (Å²) >= 11 is 6.19. The van der Waals surface area contributed by atoms with E-state index in [4.69, 9.17) is 22.1 Å². The second-order valence-corrected chi connectivity index (χ2v) is 5.59. The third kappa shape index (κ3) is 3.42. The Kier molecular flexibility index (Phi) is 4.63. The van der Waals surface area contributed by atoms with Gasteiger partial charge in [0.05, 0.1) is 12.8 Å². The number of rotatable bonds is 4. The molecule has 0 radical (unpaired) electrons. The van der Waals surface area contributed by atoms with Crippen molar-refractivity contribution in [2.75, 3.05) is 12.8 Å². The van der Waals surface area contributed by atoms with Crippen LogP contribution in [0.1, 0.15) is 42.4 Å². The van der Waals surface area contributed by atoms with Crippen molar-refractivity contribution in [2.24, 2.45) is 0 Å². The number of aromatic nitrogens is 3. The van der Waals surface area contributed by atoms with Crippen LogP contribution < -0.4 is 10.5 Å². The van der Waals surface area contributed by atoms with Crippen molar-refractivity contribution in [2.45, 2.75) is 33.1 Å². The van der Waals surface area contributed by atoms with Gasteiger partial charge in [-0.25, -0.2) is 15.0 Å². The Morgan fingerprint density at radius 2 is 2.00 bits per heavy atom. The van der Waals surface area contributed by atoms with Gasteiger partial charge in [0.25, 0.3) is 0 Å². The van der Waals surface area contributed by atoms with Crippen LogP contribution >= 0.6 is 11.6 Å². The SMILES string of the molecule is COc1nc(C(C)C)c(Cc2cnc(C)nc2N)cc1Cl. The van der Waals surface area contributed by atoms with Crippen molar-refractivity contribution >= 4 is 17.4 Å². The van der Waals surface area contributed by atoms with E-state index in [-0.39, 0.29) is 5.92 Å². The average Bonchev–Trinajstić information content (AvgIpc) is 2.41. The van der Waals surface area contributed by atoms with E-state index in [0.29, 0.717) is 29.0 Å². The molecular weight excluding hydrogens is 288 g/mol. The highest BCUT2D eigenvalue weighted by atomic mass is 35.5. The van der Waals surface area contributed by atoms with E-state index < -0.39 is 0 Å². The molecule has 0 unspecified atom stereocenters. The van der Waals surface area contributed by atoms with Crippen LogP contribution in [0.3, 0.4) is 0 Å². The number of halogens is 1. The van der Waals surface area contributed by atoms with Crippen molar-refractivity contribution in [3.63, 3.8) is 0 Å². The minimum Gasteiger partial charge on any atom is -0.480 e. The lowest BCUT2D eigenvalue weighted by Gasteiger charge is -2.15. The summed E-state index contributed by atoms with van der Waals surface area (Å²) in [7, 11) is 1.56. The van der Waals surface area contributed by atoms with E-state index in [0.717, 1.165) is 16.8 Å². The van der Waals surface area contributed by atoms with E-state index in [1.54, 1.807) is 13.3 Å². The Bertz CT molecular complexity index is 658. The highest BCUT2D eigenvalue weighted by Crippen LogP contribution is 2.30. The van der Waals surface area contributed by atoms with Crippen molar-refractivity contribution in [1.29, 1.82) is 0 Å². The molecule has 0 amide bonds. The Morgan fingerprint density at radius 1 is 1.29 bits per heavy atom. The summed E-state index contributed by atoms with van der Waals surface area (Å²) in [6.45, 7) is 5.97. The molecule has 0 fully saturated rings. The largest absolute Gasteiger partial charge is 0.480 e. The minimum atomic E-state index is 0.249. The topological polar surface area (TPSA) is 73.9 Å². The van der Waals surface area contributed by atoms with Crippen molar-refractivity contribution < 1.29 is 4.74 Å². The van der Waals surface area contributed by atoms with Crippen molar-refractivity contribution in [1.82, 2.24) is 15.0 Å². The molecule has 0 atom stereocenters. The number of aryl methyl sites for hydroxylation is 1. The number of hydrogen-bond acceptors (Lipinski definition) is 5. The molecule has 0 spiro atoms. The van der Waals surface area contributed by atoms with Crippen LogP contribution in [0.25, 0.3) is 0 Å². The lowest BCUT2D eigenvalue weighted by atomic mass is 9.98. The second-order valence-electron chi connectivity index (χ2n) is 5.18. The summed E-state index contributed by atoms with van der Waals surface area (Å²) in [5, 5.41) is 0.489. The zero-order valence-corrected chi connectivity index (χ0v) is 13.4. The number of anilines is 1. The third-order valence-electron chi connectivity index (χ3n) is 3.20. The number of ether oxygens (including phenoxy) is 1. The molecule has 0 aliphatic carbocycles. The number of pyridine rings is 1. The van der Waals surface area contributed by atoms with E-state index >= 15 is 0 Å². The lowest BCUT2D eigenvalue weighted by molar-refractivity contribution is 0.395. The van der Waals surface area contributed by atoms with Gasteiger partial charge in [0.2, 0.25) is 5.88 Å². The third-order valence-corrected chi connectivity index (χ3v) is 3.47. The Hall–Kier alpha value is -1.88. The fourth-order valence-electron chi connectivity index (χ4n) is 2.16. The Balaban J connectivity index is 2.45. The zero-order valence-electron chi connectivity index (χ0n) is 12.6. The summed E-state index contributed by atoms with van der Waals surface area (Å²) in [6.07, 6.45) is 2.34. The quantitative estimate of drug-likeness (QED) is 0.939. The maximum absolute atomic E-state index is 6.19. The molecule has 0 bridgehead atoms. The molecule has 5 nitrogen and oxygen atoms in total. The van der Waals surface area contributed by atoms with Gasteiger partial charge in [-0.15, -0.1) is 0 Å². The second kappa shape index (κ2) is 6.26. The van der Waals surface area contributed by atoms with E-state index in [9.17, 15) is 0 Å². The normalized spacial score (nSPS) is 11.0. The van der Waals surface area contributed by atoms with Crippen LogP contribution in [0, 0.1) is 6.92 Å². The predicted octanol–water partition coefficient (Wildman–Crippen LogP) is 3.14. The first-order chi connectivity index (χ1) is 9.92. The van der Waals surface area contributed by atoms with Gasteiger partial charge in [0.15, 0.2) is 0 Å². The monoisotopic (exact) mass is 306 g/mol. The number of hydrogen-bond donors (Lipinski definition) is 1. The maximum atomic E-state index is 6.19. The number of methoxy groups -OCH3 is 1. The van der Waals surface area contributed by atoms with Gasteiger partial charge in [-0.1, -0.05) is 25.4 Å². The summed E-state index contributed by atoms with van der Waals surface area (Å²) in [5.74, 6) is 1.84. The Labute approximate surface area is 129 Å². The summed E-state index contributed by atoms with van der Waals surface area (Å²) in [4.78, 5) is 12.9. The van der Waals surface area contributed by atoms with Gasteiger partial charge < -0.3 is 10.5 Å². The fourth-order valence-corrected chi connectivity index (χ4v) is 2.41. The number of nitrogen functional groups attached to an aromatic ring is 1. The highest BCUT2D eigenvalue weighted by Gasteiger charge is 2.15. The summed E-state index contributed by atoms with van der Waals surface area (Å²) in [5.41, 5.74) is 8.78. The van der Waals surface area contributed by atoms with Crippen molar-refractivity contribution in [3.05, 3.63) is 39.9 Å². The standard InChI is InChI=1S/C15H19ClN4O/c1-8(2)13-10(6-12(16)15(20-13)21-4)5-11-7-18-9(3)19-14(11)17/h6-8H,5H2,1-4H3,(H2,17,18,19). The smallest absolute Gasteiger partial charge is 0.232 e. The molecule has 6 heteroatoms. The predicted molar refractivity (Wildman–Crippen MR) is 83.9 cm³/mol. The zero-order chi connectivity index (χ0) is 15.6. The van der Waals surface area contributed by atoms with Gasteiger partial charge in [0, 0.05) is 18.2 Å². The van der Waals surface area contributed by atoms with Gasteiger partial charge in [-0.05, 0) is 24.5 Å². The minimum absolute atomic E-state index is 0.249. The van der Waals surface area contributed by atoms with Crippen LogP contribution in [-0.2, 0) is 6.42 Å². The van der Waals surface area contributed by atoms with Crippen LogP contribution in [0.2, 0.25) is 5.02 Å². The fraction of sp³-hybridized carbons (Fsp3) is 0.400. The number of nitrogens with zero attached hydrogens (tertiary/aromatic N) is 3. The lowest BCUT2D eigenvalue weighted by Crippen LogP contribution is -2.07. The van der Waals surface area contributed by atoms with Gasteiger partial charge in [-0.2, -0.15) is 0 Å². The molecule has 0 saturated carbocycles. The molecule has 2 N–H and O–H groups in total. The molecule has 0 saturated heterocycles.